The summed E-state index contributed by atoms with van der Waals surface area (Å²) in [5, 5.41) is 2.66. The molecule has 4 aromatic rings. The molecule has 0 unspecified atom stereocenters. The van der Waals surface area contributed by atoms with E-state index < -0.39 is 0 Å². The monoisotopic (exact) mass is 339 g/mol. The zero-order chi connectivity index (χ0) is 17.0. The van der Waals surface area contributed by atoms with Crippen molar-refractivity contribution in [1.29, 1.82) is 0 Å². The van der Waals surface area contributed by atoms with Crippen molar-refractivity contribution >= 4 is 22.5 Å². The van der Waals surface area contributed by atoms with E-state index in [1.165, 1.54) is 48.4 Å². The number of aromatic nitrogens is 1. The Morgan fingerprint density at radius 1 is 0.800 bits per heavy atom. The molecule has 0 radical (unpaired) electrons. The van der Waals surface area contributed by atoms with Crippen LogP contribution in [-0.2, 0) is 0 Å². The van der Waals surface area contributed by atoms with Crippen LogP contribution < -0.4 is 0 Å². The van der Waals surface area contributed by atoms with Gasteiger partial charge < -0.3 is 0 Å². The van der Waals surface area contributed by atoms with Crippen LogP contribution in [0.25, 0.3) is 33.2 Å². The number of aryl methyl sites for hydroxylation is 2. The molecule has 0 N–H and O–H groups in total. The number of rotatable bonds is 1. The third-order valence-electron chi connectivity index (χ3n) is 4.77. The first-order valence-electron chi connectivity index (χ1n) is 8.48. The van der Waals surface area contributed by atoms with Crippen molar-refractivity contribution in [2.24, 2.45) is 0 Å². The summed E-state index contributed by atoms with van der Waals surface area (Å²) >= 11 is 1.85. The highest BCUT2D eigenvalue weighted by Crippen LogP contribution is 2.50. The number of fused-ring (bicyclic) bond motifs is 2. The normalized spacial score (nSPS) is 12.2. The summed E-state index contributed by atoms with van der Waals surface area (Å²) < 4.78 is 0. The Morgan fingerprint density at radius 2 is 1.56 bits per heavy atom. The predicted molar refractivity (Wildman–Crippen MR) is 106 cm³/mol. The fourth-order valence-electron chi connectivity index (χ4n) is 3.81. The highest BCUT2D eigenvalue weighted by Gasteiger charge is 2.22. The van der Waals surface area contributed by atoms with Gasteiger partial charge in [0.1, 0.15) is 0 Å². The van der Waals surface area contributed by atoms with Crippen molar-refractivity contribution in [3.63, 3.8) is 0 Å². The maximum Gasteiger partial charge on any atom is 0.0847 e. The fraction of sp³-hybridized carbons (Fsp3) is 0.0870. The van der Waals surface area contributed by atoms with Crippen molar-refractivity contribution in [3.05, 3.63) is 78.0 Å². The lowest BCUT2D eigenvalue weighted by molar-refractivity contribution is 1.23. The van der Waals surface area contributed by atoms with Crippen LogP contribution in [0.3, 0.4) is 0 Å². The Labute approximate surface area is 151 Å². The van der Waals surface area contributed by atoms with Crippen molar-refractivity contribution in [3.8, 4) is 22.4 Å². The molecule has 1 nitrogen and oxygen atoms in total. The molecule has 1 aromatic heterocycles. The third kappa shape index (κ3) is 2.29. The fourth-order valence-corrected chi connectivity index (χ4v) is 5.06. The molecule has 25 heavy (non-hydrogen) atoms. The molecular weight excluding hydrogens is 322 g/mol. The van der Waals surface area contributed by atoms with Crippen LogP contribution in [0.4, 0.5) is 0 Å². The van der Waals surface area contributed by atoms with E-state index in [1.54, 1.807) is 0 Å². The van der Waals surface area contributed by atoms with E-state index in [4.69, 9.17) is 4.98 Å². The predicted octanol–water partition coefficient (Wildman–Crippen LogP) is 6.65. The SMILES string of the molecule is Cc1cc(C)cc(-c2nccc3c2Sc2cccc4cccc-3c24)c1. The molecule has 0 amide bonds. The lowest BCUT2D eigenvalue weighted by Crippen LogP contribution is -1.97. The molecule has 0 saturated heterocycles. The van der Waals surface area contributed by atoms with Crippen molar-refractivity contribution in [1.82, 2.24) is 4.98 Å². The smallest absolute Gasteiger partial charge is 0.0847 e. The molecule has 2 heteroatoms. The van der Waals surface area contributed by atoms with E-state index in [-0.39, 0.29) is 0 Å². The van der Waals surface area contributed by atoms with Crippen LogP contribution in [0.15, 0.2) is 76.7 Å². The van der Waals surface area contributed by atoms with Gasteiger partial charge in [0, 0.05) is 26.9 Å². The number of benzene rings is 3. The summed E-state index contributed by atoms with van der Waals surface area (Å²) in [6.45, 7) is 4.30. The summed E-state index contributed by atoms with van der Waals surface area (Å²) in [4.78, 5) is 7.34. The van der Waals surface area contributed by atoms with E-state index in [1.807, 2.05) is 18.0 Å². The summed E-state index contributed by atoms with van der Waals surface area (Å²) in [6, 6.07) is 22.0. The number of pyridine rings is 1. The van der Waals surface area contributed by atoms with Crippen LogP contribution in [0.5, 0.6) is 0 Å². The van der Waals surface area contributed by atoms with Crippen molar-refractivity contribution in [2.45, 2.75) is 23.6 Å². The second kappa shape index (κ2) is 5.47. The van der Waals surface area contributed by atoms with E-state index in [0.717, 1.165) is 5.69 Å². The molecule has 5 rings (SSSR count). The number of hydrogen-bond acceptors (Lipinski definition) is 2. The molecule has 0 saturated carbocycles. The Balaban J connectivity index is 1.83. The van der Waals surface area contributed by atoms with Gasteiger partial charge in [-0.25, -0.2) is 0 Å². The highest BCUT2D eigenvalue weighted by molar-refractivity contribution is 8.00. The topological polar surface area (TPSA) is 12.9 Å². The maximum atomic E-state index is 4.76. The number of hydrogen-bond donors (Lipinski definition) is 0. The Kier molecular flexibility index (Phi) is 3.22. The number of nitrogens with zero attached hydrogens (tertiary/aromatic N) is 1. The molecule has 0 atom stereocenters. The van der Waals surface area contributed by atoms with Crippen LogP contribution in [0.1, 0.15) is 11.1 Å². The van der Waals surface area contributed by atoms with Gasteiger partial charge in [0.2, 0.25) is 0 Å². The molecule has 120 valence electrons. The second-order valence-corrected chi connectivity index (χ2v) is 7.73. The molecule has 0 spiro atoms. The van der Waals surface area contributed by atoms with Gasteiger partial charge in [-0.1, -0.05) is 59.3 Å². The molecule has 0 bridgehead atoms. The molecule has 1 aliphatic heterocycles. The van der Waals surface area contributed by atoms with Gasteiger partial charge in [-0.05, 0) is 54.6 Å². The van der Waals surface area contributed by atoms with E-state index in [2.05, 4.69) is 74.5 Å². The quantitative estimate of drug-likeness (QED) is 0.339. The van der Waals surface area contributed by atoms with Gasteiger partial charge in [0.05, 0.1) is 5.69 Å². The molecular formula is C23H17NS. The van der Waals surface area contributed by atoms with Gasteiger partial charge >= 0.3 is 0 Å². The minimum absolute atomic E-state index is 1.08. The Morgan fingerprint density at radius 3 is 2.36 bits per heavy atom. The van der Waals surface area contributed by atoms with Gasteiger partial charge in [-0.2, -0.15) is 0 Å². The summed E-state index contributed by atoms with van der Waals surface area (Å²) in [5.74, 6) is 0. The first-order valence-corrected chi connectivity index (χ1v) is 9.30. The third-order valence-corrected chi connectivity index (χ3v) is 5.95. The van der Waals surface area contributed by atoms with E-state index in [0.29, 0.717) is 0 Å². The van der Waals surface area contributed by atoms with Gasteiger partial charge in [0.15, 0.2) is 0 Å². The van der Waals surface area contributed by atoms with E-state index in [9.17, 15) is 0 Å². The molecule has 0 aliphatic carbocycles. The summed E-state index contributed by atoms with van der Waals surface area (Å²) in [7, 11) is 0. The average molecular weight is 339 g/mol. The molecule has 1 aliphatic rings. The van der Waals surface area contributed by atoms with Gasteiger partial charge in [-0.3, -0.25) is 4.98 Å². The standard InChI is InChI=1S/C23H17NS/c1-14-11-15(2)13-17(12-14)22-23-19(9-10-24-22)18-7-3-5-16-6-4-8-20(25-23)21(16)18/h3-13H,1-2H3. The van der Waals surface area contributed by atoms with Crippen molar-refractivity contribution in [2.75, 3.05) is 0 Å². The highest BCUT2D eigenvalue weighted by atomic mass is 32.2. The average Bonchev–Trinajstić information content (AvgIpc) is 2.61. The summed E-state index contributed by atoms with van der Waals surface area (Å²) in [6.07, 6.45) is 1.94. The first-order chi connectivity index (χ1) is 12.2. The molecule has 2 heterocycles. The van der Waals surface area contributed by atoms with E-state index >= 15 is 0 Å². The zero-order valence-electron chi connectivity index (χ0n) is 14.2. The van der Waals surface area contributed by atoms with Crippen LogP contribution >= 0.6 is 11.8 Å². The minimum Gasteiger partial charge on any atom is -0.255 e. The lowest BCUT2D eigenvalue weighted by Gasteiger charge is -2.22. The lowest BCUT2D eigenvalue weighted by atomic mass is 9.96. The second-order valence-electron chi connectivity index (χ2n) is 6.67. The molecule has 0 fully saturated rings. The van der Waals surface area contributed by atoms with Gasteiger partial charge in [0.25, 0.3) is 0 Å². The Hall–Kier alpha value is -2.58. The zero-order valence-corrected chi connectivity index (χ0v) is 15.0. The summed E-state index contributed by atoms with van der Waals surface area (Å²) in [5.41, 5.74) is 7.44. The van der Waals surface area contributed by atoms with Crippen molar-refractivity contribution < 1.29 is 0 Å². The molecule has 3 aromatic carbocycles. The maximum absolute atomic E-state index is 4.76. The van der Waals surface area contributed by atoms with Crippen LogP contribution in [0, 0.1) is 13.8 Å². The largest absolute Gasteiger partial charge is 0.255 e. The minimum atomic E-state index is 1.08. The van der Waals surface area contributed by atoms with Gasteiger partial charge in [-0.15, -0.1) is 0 Å². The van der Waals surface area contributed by atoms with Crippen LogP contribution in [0.2, 0.25) is 0 Å². The van der Waals surface area contributed by atoms with Crippen LogP contribution in [-0.4, -0.2) is 4.98 Å². The first kappa shape index (κ1) is 14.7. The Bertz CT molecular complexity index is 1120.